The lowest BCUT2D eigenvalue weighted by Gasteiger charge is -2.33. The van der Waals surface area contributed by atoms with Crippen LogP contribution < -0.4 is 5.32 Å². The summed E-state index contributed by atoms with van der Waals surface area (Å²) in [5.41, 5.74) is 1.39. The van der Waals surface area contributed by atoms with Crippen molar-refractivity contribution in [2.75, 3.05) is 19.6 Å². The molecule has 0 aliphatic carbocycles. The van der Waals surface area contributed by atoms with Crippen LogP contribution in [0.3, 0.4) is 0 Å². The number of piperazine rings is 1. The lowest BCUT2D eigenvalue weighted by molar-refractivity contribution is 0.165. The van der Waals surface area contributed by atoms with Gasteiger partial charge in [0, 0.05) is 36.7 Å². The highest BCUT2D eigenvalue weighted by atomic mass is 79.9. The van der Waals surface area contributed by atoms with Gasteiger partial charge in [-0.15, -0.1) is 12.4 Å². The van der Waals surface area contributed by atoms with E-state index in [1.165, 1.54) is 10.0 Å². The van der Waals surface area contributed by atoms with Crippen molar-refractivity contribution in [1.82, 2.24) is 10.2 Å². The van der Waals surface area contributed by atoms with E-state index in [1.54, 1.807) is 0 Å². The van der Waals surface area contributed by atoms with Gasteiger partial charge in [0.05, 0.1) is 0 Å². The Balaban J connectivity index is 0.00000128. The van der Waals surface area contributed by atoms with Crippen LogP contribution in [0.5, 0.6) is 0 Å². The third-order valence-electron chi connectivity index (χ3n) is 2.91. The van der Waals surface area contributed by atoms with Gasteiger partial charge in [-0.05, 0) is 24.6 Å². The quantitative estimate of drug-likeness (QED) is 0.904. The van der Waals surface area contributed by atoms with E-state index in [1.807, 2.05) is 0 Å². The molecule has 1 fully saturated rings. The summed E-state index contributed by atoms with van der Waals surface area (Å²) in [7, 11) is 0. The molecule has 0 spiro atoms. The molecule has 1 N–H and O–H groups in total. The van der Waals surface area contributed by atoms with E-state index in [2.05, 4.69) is 57.3 Å². The second kappa shape index (κ2) is 6.60. The van der Waals surface area contributed by atoms with Gasteiger partial charge in [-0.2, -0.15) is 0 Å². The number of hydrogen-bond donors (Lipinski definition) is 1. The van der Waals surface area contributed by atoms with E-state index in [9.17, 15) is 0 Å². The van der Waals surface area contributed by atoms with Crippen LogP contribution in [0.15, 0.2) is 28.7 Å². The first-order valence-electron chi connectivity index (χ1n) is 5.45. The fourth-order valence-corrected chi connectivity index (χ4v) is 2.43. The van der Waals surface area contributed by atoms with E-state index < -0.39 is 0 Å². The molecule has 1 aromatic rings. The second-order valence-corrected chi connectivity index (χ2v) is 5.07. The normalized spacial score (nSPS) is 21.5. The third kappa shape index (κ3) is 3.74. The summed E-state index contributed by atoms with van der Waals surface area (Å²) in [5.74, 6) is 0. The molecule has 1 heterocycles. The van der Waals surface area contributed by atoms with Crippen LogP contribution in [0.25, 0.3) is 0 Å². The molecule has 0 saturated carbocycles. The molecule has 1 aliphatic heterocycles. The van der Waals surface area contributed by atoms with Crippen LogP contribution in [-0.2, 0) is 6.54 Å². The Labute approximate surface area is 112 Å². The SMILES string of the molecule is C[C@@H]1CNCCN1Cc1cccc(Br)c1.Cl. The molecule has 0 bridgehead atoms. The first kappa shape index (κ1) is 14.0. The molecular formula is C12H18BrClN2. The Morgan fingerprint density at radius 3 is 3.00 bits per heavy atom. The predicted molar refractivity (Wildman–Crippen MR) is 74.1 cm³/mol. The molecule has 0 unspecified atom stereocenters. The predicted octanol–water partition coefficient (Wildman–Crippen LogP) is 2.66. The van der Waals surface area contributed by atoms with Gasteiger partial charge < -0.3 is 5.32 Å². The summed E-state index contributed by atoms with van der Waals surface area (Å²) in [5, 5.41) is 3.41. The van der Waals surface area contributed by atoms with Gasteiger partial charge in [0.1, 0.15) is 0 Å². The lowest BCUT2D eigenvalue weighted by Crippen LogP contribution is -2.49. The van der Waals surface area contributed by atoms with E-state index in [0.29, 0.717) is 6.04 Å². The van der Waals surface area contributed by atoms with Crippen molar-refractivity contribution >= 4 is 28.3 Å². The molecule has 2 nitrogen and oxygen atoms in total. The van der Waals surface area contributed by atoms with Crippen LogP contribution >= 0.6 is 28.3 Å². The molecule has 1 aliphatic rings. The third-order valence-corrected chi connectivity index (χ3v) is 3.41. The van der Waals surface area contributed by atoms with Gasteiger partial charge in [0.2, 0.25) is 0 Å². The summed E-state index contributed by atoms with van der Waals surface area (Å²) in [6.07, 6.45) is 0. The van der Waals surface area contributed by atoms with Gasteiger partial charge >= 0.3 is 0 Å². The maximum atomic E-state index is 3.51. The monoisotopic (exact) mass is 304 g/mol. The zero-order valence-corrected chi connectivity index (χ0v) is 11.9. The number of hydrogen-bond acceptors (Lipinski definition) is 2. The van der Waals surface area contributed by atoms with Crippen molar-refractivity contribution < 1.29 is 0 Å². The largest absolute Gasteiger partial charge is 0.314 e. The Hall–Kier alpha value is -0.0900. The van der Waals surface area contributed by atoms with Gasteiger partial charge in [-0.1, -0.05) is 28.1 Å². The number of halogens is 2. The van der Waals surface area contributed by atoms with Crippen molar-refractivity contribution in [2.24, 2.45) is 0 Å². The van der Waals surface area contributed by atoms with Crippen molar-refractivity contribution in [3.05, 3.63) is 34.3 Å². The van der Waals surface area contributed by atoms with Crippen molar-refractivity contribution in [3.8, 4) is 0 Å². The average molecular weight is 306 g/mol. The van der Waals surface area contributed by atoms with Crippen LogP contribution in [0.1, 0.15) is 12.5 Å². The highest BCUT2D eigenvalue weighted by Gasteiger charge is 2.17. The topological polar surface area (TPSA) is 15.3 Å². The van der Waals surface area contributed by atoms with Crippen molar-refractivity contribution in [2.45, 2.75) is 19.5 Å². The Bertz CT molecular complexity index is 333. The van der Waals surface area contributed by atoms with E-state index in [-0.39, 0.29) is 12.4 Å². The van der Waals surface area contributed by atoms with Gasteiger partial charge in [0.25, 0.3) is 0 Å². The summed E-state index contributed by atoms with van der Waals surface area (Å²) in [6.45, 7) is 6.70. The van der Waals surface area contributed by atoms with E-state index >= 15 is 0 Å². The van der Waals surface area contributed by atoms with Crippen molar-refractivity contribution in [3.63, 3.8) is 0 Å². The van der Waals surface area contributed by atoms with Crippen molar-refractivity contribution in [1.29, 1.82) is 0 Å². The van der Waals surface area contributed by atoms with Crippen LogP contribution in [-0.4, -0.2) is 30.6 Å². The Morgan fingerprint density at radius 1 is 1.50 bits per heavy atom. The smallest absolute Gasteiger partial charge is 0.0238 e. The zero-order chi connectivity index (χ0) is 10.7. The van der Waals surface area contributed by atoms with Gasteiger partial charge in [0.15, 0.2) is 0 Å². The van der Waals surface area contributed by atoms with Crippen LogP contribution in [0.4, 0.5) is 0 Å². The molecule has 0 amide bonds. The van der Waals surface area contributed by atoms with Crippen LogP contribution in [0.2, 0.25) is 0 Å². The molecule has 1 atom stereocenters. The van der Waals surface area contributed by atoms with Crippen LogP contribution in [0, 0.1) is 0 Å². The van der Waals surface area contributed by atoms with Gasteiger partial charge in [-0.25, -0.2) is 0 Å². The molecule has 1 saturated heterocycles. The number of benzene rings is 1. The molecule has 1 aromatic carbocycles. The van der Waals surface area contributed by atoms with Gasteiger partial charge in [-0.3, -0.25) is 4.90 Å². The average Bonchev–Trinajstić information content (AvgIpc) is 2.22. The van der Waals surface area contributed by atoms with E-state index in [4.69, 9.17) is 0 Å². The highest BCUT2D eigenvalue weighted by molar-refractivity contribution is 9.10. The summed E-state index contributed by atoms with van der Waals surface area (Å²) in [6, 6.07) is 9.21. The highest BCUT2D eigenvalue weighted by Crippen LogP contribution is 2.15. The number of nitrogens with one attached hydrogen (secondary N) is 1. The standard InChI is InChI=1S/C12H17BrN2.ClH/c1-10-8-14-5-6-15(10)9-11-3-2-4-12(13)7-11;/h2-4,7,10,14H,5-6,8-9H2,1H3;1H/t10-;/m1./s1. The molecule has 4 heteroatoms. The summed E-state index contributed by atoms with van der Waals surface area (Å²) in [4.78, 5) is 2.53. The summed E-state index contributed by atoms with van der Waals surface area (Å²) < 4.78 is 1.17. The first-order chi connectivity index (χ1) is 7.25. The minimum atomic E-state index is 0. The zero-order valence-electron chi connectivity index (χ0n) is 9.45. The minimum absolute atomic E-state index is 0. The number of nitrogens with zero attached hydrogens (tertiary/aromatic N) is 1. The number of rotatable bonds is 2. The lowest BCUT2D eigenvalue weighted by atomic mass is 10.1. The minimum Gasteiger partial charge on any atom is -0.314 e. The second-order valence-electron chi connectivity index (χ2n) is 4.15. The molecular weight excluding hydrogens is 288 g/mol. The Kier molecular flexibility index (Phi) is 5.76. The molecule has 0 aromatic heterocycles. The molecule has 2 rings (SSSR count). The maximum absolute atomic E-state index is 3.51. The first-order valence-corrected chi connectivity index (χ1v) is 6.24. The van der Waals surface area contributed by atoms with E-state index in [0.717, 1.165) is 26.2 Å². The maximum Gasteiger partial charge on any atom is 0.0238 e. The summed E-state index contributed by atoms with van der Waals surface area (Å²) >= 11 is 3.51. The fraction of sp³-hybridized carbons (Fsp3) is 0.500. The Morgan fingerprint density at radius 2 is 2.31 bits per heavy atom. The molecule has 90 valence electrons. The molecule has 0 radical (unpaired) electrons. The molecule has 16 heavy (non-hydrogen) atoms. The fourth-order valence-electron chi connectivity index (χ4n) is 1.99.